The number of halogens is 1. The molecule has 0 bridgehead atoms. The summed E-state index contributed by atoms with van der Waals surface area (Å²) in [6, 6.07) is 5.79. The number of ether oxygens (including phenoxy) is 2. The van der Waals surface area contributed by atoms with Crippen LogP contribution in [0.15, 0.2) is 42.7 Å². The first-order chi connectivity index (χ1) is 11.5. The fraction of sp³-hybridized carbons (Fsp3) is 0.222. The summed E-state index contributed by atoms with van der Waals surface area (Å²) in [6.45, 7) is 1.70. The second-order valence-electron chi connectivity index (χ2n) is 5.07. The van der Waals surface area contributed by atoms with E-state index in [1.807, 2.05) is 0 Å². The number of methoxy groups -OCH3 is 2. The number of aromatic nitrogens is 1. The van der Waals surface area contributed by atoms with Crippen molar-refractivity contribution in [2.24, 2.45) is 0 Å². The SMILES string of the molecule is COc1cc(F)c(C(C)NC(=O)C=Cc2ccncc2)cc1OC. The molecule has 0 aliphatic carbocycles. The van der Waals surface area contributed by atoms with Crippen molar-refractivity contribution in [3.05, 3.63) is 59.7 Å². The van der Waals surface area contributed by atoms with E-state index in [9.17, 15) is 9.18 Å². The van der Waals surface area contributed by atoms with Gasteiger partial charge in [0.25, 0.3) is 0 Å². The highest BCUT2D eigenvalue weighted by molar-refractivity contribution is 5.91. The van der Waals surface area contributed by atoms with Gasteiger partial charge in [-0.3, -0.25) is 9.78 Å². The van der Waals surface area contributed by atoms with Crippen LogP contribution in [0.2, 0.25) is 0 Å². The summed E-state index contributed by atoms with van der Waals surface area (Å²) < 4.78 is 24.4. The fourth-order valence-electron chi connectivity index (χ4n) is 2.19. The smallest absolute Gasteiger partial charge is 0.244 e. The number of pyridine rings is 1. The molecular formula is C18H19FN2O3. The summed E-state index contributed by atoms with van der Waals surface area (Å²) in [7, 11) is 2.91. The number of hydrogen-bond acceptors (Lipinski definition) is 4. The predicted octanol–water partition coefficient (Wildman–Crippen LogP) is 3.13. The van der Waals surface area contributed by atoms with E-state index in [-0.39, 0.29) is 5.91 Å². The molecule has 2 aromatic rings. The van der Waals surface area contributed by atoms with Gasteiger partial charge in [-0.05, 0) is 36.8 Å². The van der Waals surface area contributed by atoms with Crippen LogP contribution in [0, 0.1) is 5.82 Å². The normalized spacial score (nSPS) is 12.0. The Balaban J connectivity index is 2.10. The van der Waals surface area contributed by atoms with Gasteiger partial charge in [0.1, 0.15) is 5.82 Å². The fourth-order valence-corrected chi connectivity index (χ4v) is 2.19. The number of carbonyl (C=O) groups excluding carboxylic acids is 1. The monoisotopic (exact) mass is 330 g/mol. The molecule has 1 amide bonds. The highest BCUT2D eigenvalue weighted by atomic mass is 19.1. The van der Waals surface area contributed by atoms with Crippen molar-refractivity contribution in [2.75, 3.05) is 14.2 Å². The van der Waals surface area contributed by atoms with Crippen molar-refractivity contribution in [1.82, 2.24) is 10.3 Å². The number of nitrogens with zero attached hydrogens (tertiary/aromatic N) is 1. The number of carbonyl (C=O) groups is 1. The minimum Gasteiger partial charge on any atom is -0.493 e. The van der Waals surface area contributed by atoms with Crippen LogP contribution in [0.5, 0.6) is 11.5 Å². The van der Waals surface area contributed by atoms with Gasteiger partial charge in [-0.15, -0.1) is 0 Å². The van der Waals surface area contributed by atoms with Crippen LogP contribution < -0.4 is 14.8 Å². The molecule has 0 aliphatic rings. The topological polar surface area (TPSA) is 60.5 Å². The molecule has 0 fully saturated rings. The van der Waals surface area contributed by atoms with Gasteiger partial charge in [0.05, 0.1) is 20.3 Å². The number of hydrogen-bond donors (Lipinski definition) is 1. The van der Waals surface area contributed by atoms with E-state index >= 15 is 0 Å². The van der Waals surface area contributed by atoms with Crippen LogP contribution >= 0.6 is 0 Å². The Kier molecular flexibility index (Phi) is 5.89. The molecule has 0 spiro atoms. The molecule has 1 heterocycles. The first kappa shape index (κ1) is 17.5. The van der Waals surface area contributed by atoms with Crippen molar-refractivity contribution < 1.29 is 18.7 Å². The largest absolute Gasteiger partial charge is 0.493 e. The summed E-state index contributed by atoms with van der Waals surface area (Å²) in [5, 5.41) is 2.72. The van der Waals surface area contributed by atoms with Crippen molar-refractivity contribution in [3.63, 3.8) is 0 Å². The summed E-state index contributed by atoms with van der Waals surface area (Å²) in [5.41, 5.74) is 1.17. The maximum Gasteiger partial charge on any atom is 0.244 e. The first-order valence-electron chi connectivity index (χ1n) is 7.35. The molecule has 1 aromatic heterocycles. The van der Waals surface area contributed by atoms with Crippen molar-refractivity contribution in [2.45, 2.75) is 13.0 Å². The Morgan fingerprint density at radius 2 is 1.83 bits per heavy atom. The third kappa shape index (κ3) is 4.32. The number of amides is 1. The van der Waals surface area contributed by atoms with Gasteiger partial charge >= 0.3 is 0 Å². The van der Waals surface area contributed by atoms with Gasteiger partial charge in [0.2, 0.25) is 5.91 Å². The Labute approximate surface area is 140 Å². The lowest BCUT2D eigenvalue weighted by Gasteiger charge is -2.16. The average Bonchev–Trinajstić information content (AvgIpc) is 2.60. The average molecular weight is 330 g/mol. The standard InChI is InChI=1S/C18H19FN2O3/c1-12(14-10-16(23-2)17(24-3)11-15(14)19)21-18(22)5-4-13-6-8-20-9-7-13/h4-12H,1-3H3,(H,21,22). The summed E-state index contributed by atoms with van der Waals surface area (Å²) in [5.74, 6) is -0.0933. The molecule has 0 saturated carbocycles. The van der Waals surface area contributed by atoms with E-state index in [0.717, 1.165) is 5.56 Å². The predicted molar refractivity (Wildman–Crippen MR) is 89.3 cm³/mol. The molecule has 126 valence electrons. The molecule has 1 atom stereocenters. The summed E-state index contributed by atoms with van der Waals surface area (Å²) in [6.07, 6.45) is 6.33. The van der Waals surface area contributed by atoms with E-state index in [1.165, 1.54) is 32.4 Å². The Hall–Kier alpha value is -2.89. The van der Waals surface area contributed by atoms with Gasteiger partial charge < -0.3 is 14.8 Å². The number of nitrogens with one attached hydrogen (secondary N) is 1. The number of benzene rings is 1. The maximum atomic E-state index is 14.2. The van der Waals surface area contributed by atoms with Gasteiger partial charge in [-0.2, -0.15) is 0 Å². The molecule has 5 nitrogen and oxygen atoms in total. The highest BCUT2D eigenvalue weighted by Gasteiger charge is 2.17. The van der Waals surface area contributed by atoms with E-state index in [0.29, 0.717) is 17.1 Å². The molecule has 6 heteroatoms. The highest BCUT2D eigenvalue weighted by Crippen LogP contribution is 2.32. The van der Waals surface area contributed by atoms with Crippen LogP contribution in [0.25, 0.3) is 6.08 Å². The summed E-state index contributed by atoms with van der Waals surface area (Å²) >= 11 is 0. The van der Waals surface area contributed by atoms with E-state index in [4.69, 9.17) is 9.47 Å². The second-order valence-corrected chi connectivity index (χ2v) is 5.07. The number of rotatable bonds is 6. The minimum atomic E-state index is -0.528. The van der Waals surface area contributed by atoms with Crippen LogP contribution in [0.4, 0.5) is 4.39 Å². The molecule has 0 radical (unpaired) electrons. The Morgan fingerprint density at radius 1 is 1.21 bits per heavy atom. The lowest BCUT2D eigenvalue weighted by atomic mass is 10.1. The van der Waals surface area contributed by atoms with E-state index in [1.54, 1.807) is 37.5 Å². The lowest BCUT2D eigenvalue weighted by molar-refractivity contribution is -0.117. The van der Waals surface area contributed by atoms with E-state index in [2.05, 4.69) is 10.3 Å². The third-order valence-corrected chi connectivity index (χ3v) is 3.46. The van der Waals surface area contributed by atoms with E-state index < -0.39 is 11.9 Å². The van der Waals surface area contributed by atoms with Crippen molar-refractivity contribution >= 4 is 12.0 Å². The first-order valence-corrected chi connectivity index (χ1v) is 7.35. The molecule has 1 N–H and O–H groups in total. The van der Waals surface area contributed by atoms with Crippen molar-refractivity contribution in [3.8, 4) is 11.5 Å². The van der Waals surface area contributed by atoms with Gasteiger partial charge in [-0.1, -0.05) is 0 Å². The minimum absolute atomic E-state index is 0.301. The third-order valence-electron chi connectivity index (χ3n) is 3.46. The van der Waals surface area contributed by atoms with Gasteiger partial charge in [-0.25, -0.2) is 4.39 Å². The maximum absolute atomic E-state index is 14.2. The summed E-state index contributed by atoms with van der Waals surface area (Å²) in [4.78, 5) is 15.9. The van der Waals surface area contributed by atoms with Gasteiger partial charge in [0, 0.05) is 30.1 Å². The Bertz CT molecular complexity index is 733. The zero-order valence-electron chi connectivity index (χ0n) is 13.7. The zero-order chi connectivity index (χ0) is 17.5. The van der Waals surface area contributed by atoms with Crippen LogP contribution in [0.1, 0.15) is 24.1 Å². The molecule has 2 rings (SSSR count). The second kappa shape index (κ2) is 8.10. The van der Waals surface area contributed by atoms with Gasteiger partial charge in [0.15, 0.2) is 11.5 Å². The molecule has 24 heavy (non-hydrogen) atoms. The Morgan fingerprint density at radius 3 is 2.46 bits per heavy atom. The van der Waals surface area contributed by atoms with Crippen LogP contribution in [0.3, 0.4) is 0 Å². The van der Waals surface area contributed by atoms with Crippen LogP contribution in [-0.4, -0.2) is 25.1 Å². The molecule has 0 aliphatic heterocycles. The van der Waals surface area contributed by atoms with Crippen LogP contribution in [-0.2, 0) is 4.79 Å². The van der Waals surface area contributed by atoms with Crippen molar-refractivity contribution in [1.29, 1.82) is 0 Å². The molecule has 1 unspecified atom stereocenters. The quantitative estimate of drug-likeness (QED) is 0.827. The molecule has 0 saturated heterocycles. The lowest BCUT2D eigenvalue weighted by Crippen LogP contribution is -2.25. The molecular weight excluding hydrogens is 311 g/mol. The molecule has 1 aromatic carbocycles. The zero-order valence-corrected chi connectivity index (χ0v) is 13.7.